The van der Waals surface area contributed by atoms with Gasteiger partial charge in [0, 0.05) is 12.1 Å². The zero-order chi connectivity index (χ0) is 27.6. The Hall–Kier alpha value is -3.48. The van der Waals surface area contributed by atoms with Crippen molar-refractivity contribution in [2.45, 2.75) is 78.3 Å². The van der Waals surface area contributed by atoms with E-state index in [1.54, 1.807) is 36.4 Å². The predicted octanol–water partition coefficient (Wildman–Crippen LogP) is 6.32. The molecule has 0 bridgehead atoms. The van der Waals surface area contributed by atoms with Gasteiger partial charge in [0.15, 0.2) is 0 Å². The molecule has 7 heteroatoms. The highest BCUT2D eigenvalue weighted by atomic mass is 16.5. The third kappa shape index (κ3) is 4.26. The lowest BCUT2D eigenvalue weighted by molar-refractivity contribution is 0.0435. The summed E-state index contributed by atoms with van der Waals surface area (Å²) in [5, 5.41) is 0. The molecule has 0 saturated heterocycles. The number of benzene rings is 2. The molecule has 2 aliphatic carbocycles. The van der Waals surface area contributed by atoms with E-state index >= 15 is 0 Å². The van der Waals surface area contributed by atoms with Crippen molar-refractivity contribution < 1.29 is 23.9 Å². The smallest absolute Gasteiger partial charge is 0.261 e. The fourth-order valence-corrected chi connectivity index (χ4v) is 7.07. The average molecular weight is 529 g/mol. The molecule has 0 unspecified atom stereocenters. The molecule has 2 aromatic carbocycles. The van der Waals surface area contributed by atoms with Crippen molar-refractivity contribution >= 4 is 23.6 Å². The summed E-state index contributed by atoms with van der Waals surface area (Å²) in [5.41, 5.74) is 1.50. The third-order valence-corrected chi connectivity index (χ3v) is 9.51. The summed E-state index contributed by atoms with van der Waals surface area (Å²) in [7, 11) is 0. The first-order chi connectivity index (χ1) is 18.6. The van der Waals surface area contributed by atoms with Crippen LogP contribution in [0.1, 0.15) is 108 Å². The van der Waals surface area contributed by atoms with E-state index in [9.17, 15) is 19.2 Å². The van der Waals surface area contributed by atoms with Gasteiger partial charge in [0.2, 0.25) is 0 Å². The van der Waals surface area contributed by atoms with Gasteiger partial charge in [-0.05, 0) is 85.8 Å². The minimum Gasteiger partial charge on any atom is -0.457 e. The first-order valence-corrected chi connectivity index (χ1v) is 14.4. The van der Waals surface area contributed by atoms with Crippen LogP contribution >= 0.6 is 0 Å². The second kappa shape index (κ2) is 9.61. The van der Waals surface area contributed by atoms with Crippen LogP contribution in [0, 0.1) is 23.7 Å². The van der Waals surface area contributed by atoms with Crippen LogP contribution in [0.2, 0.25) is 0 Å². The van der Waals surface area contributed by atoms with Gasteiger partial charge in [-0.25, -0.2) is 0 Å². The van der Waals surface area contributed by atoms with Gasteiger partial charge in [0.1, 0.15) is 11.5 Å². The summed E-state index contributed by atoms with van der Waals surface area (Å²) in [5.74, 6) is 1.29. The molecule has 0 N–H and O–H groups in total. The molecule has 2 aliphatic heterocycles. The van der Waals surface area contributed by atoms with Crippen LogP contribution < -0.4 is 4.74 Å². The Bertz CT molecular complexity index is 1280. The Labute approximate surface area is 229 Å². The Morgan fingerprint density at radius 3 is 1.36 bits per heavy atom. The van der Waals surface area contributed by atoms with Gasteiger partial charge in [-0.2, -0.15) is 0 Å². The number of amides is 4. The topological polar surface area (TPSA) is 84.0 Å². The Kier molecular flexibility index (Phi) is 6.35. The molecule has 0 radical (unpaired) electrons. The zero-order valence-electron chi connectivity index (χ0n) is 23.1. The maximum Gasteiger partial charge on any atom is 0.261 e. The average Bonchev–Trinajstić information content (AvgIpc) is 3.30. The number of carbonyl (C=O) groups excluding carboxylic acids is 4. The number of ether oxygens (including phenoxy) is 1. The summed E-state index contributed by atoms with van der Waals surface area (Å²) >= 11 is 0. The van der Waals surface area contributed by atoms with Gasteiger partial charge < -0.3 is 4.74 Å². The van der Waals surface area contributed by atoms with Crippen molar-refractivity contribution in [3.63, 3.8) is 0 Å². The largest absolute Gasteiger partial charge is 0.457 e. The first-order valence-electron chi connectivity index (χ1n) is 14.4. The monoisotopic (exact) mass is 528 g/mol. The summed E-state index contributed by atoms with van der Waals surface area (Å²) in [6.45, 7) is 8.58. The summed E-state index contributed by atoms with van der Waals surface area (Å²) in [6.07, 6.45) is 5.89. The van der Waals surface area contributed by atoms with E-state index in [-0.39, 0.29) is 47.5 Å². The molecule has 39 heavy (non-hydrogen) atoms. The molecule has 204 valence electrons. The van der Waals surface area contributed by atoms with Crippen molar-refractivity contribution in [2.75, 3.05) is 0 Å². The van der Waals surface area contributed by atoms with E-state index < -0.39 is 0 Å². The van der Waals surface area contributed by atoms with Crippen LogP contribution in [0.25, 0.3) is 0 Å². The number of fused-ring (bicyclic) bond motifs is 2. The van der Waals surface area contributed by atoms with E-state index in [2.05, 4.69) is 27.7 Å². The molecule has 2 heterocycles. The highest BCUT2D eigenvalue weighted by Crippen LogP contribution is 2.40. The first kappa shape index (κ1) is 25.8. The Morgan fingerprint density at radius 1 is 0.564 bits per heavy atom. The minimum absolute atomic E-state index is 0.0939. The lowest BCUT2D eigenvalue weighted by Crippen LogP contribution is -2.46. The van der Waals surface area contributed by atoms with Crippen molar-refractivity contribution in [2.24, 2.45) is 23.7 Å². The van der Waals surface area contributed by atoms with Crippen molar-refractivity contribution in [1.82, 2.24) is 9.80 Å². The number of hydrogen-bond acceptors (Lipinski definition) is 5. The van der Waals surface area contributed by atoms with Crippen LogP contribution in [0.15, 0.2) is 36.4 Å². The van der Waals surface area contributed by atoms with Gasteiger partial charge in [0.25, 0.3) is 23.6 Å². The highest BCUT2D eigenvalue weighted by molar-refractivity contribution is 6.22. The molecule has 7 nitrogen and oxygen atoms in total. The second-order valence-corrected chi connectivity index (χ2v) is 12.4. The molecule has 4 aliphatic rings. The molecule has 2 aromatic rings. The standard InChI is InChI=1S/C32H36N2O5/c1-17-5-7-19(3)27(13-17)33-29(35)23-11-9-21(15-25(23)31(33)37)39-22-10-12-24-26(16-22)32(38)34(30(24)36)28-14-18(2)6-8-20(28)4/h9-12,15-20,27-28H,5-8,13-14H2,1-4H3/t17-,18-,19-,20+,27+,28-/m0/s1. The number of imide groups is 2. The molecule has 2 fully saturated rings. The van der Waals surface area contributed by atoms with Gasteiger partial charge in [0.05, 0.1) is 22.3 Å². The maximum atomic E-state index is 13.4. The number of nitrogens with zero attached hydrogens (tertiary/aromatic N) is 2. The second-order valence-electron chi connectivity index (χ2n) is 12.4. The lowest BCUT2D eigenvalue weighted by Gasteiger charge is -2.37. The minimum atomic E-state index is -0.271. The molecule has 0 aromatic heterocycles. The van der Waals surface area contributed by atoms with Crippen LogP contribution in [-0.4, -0.2) is 45.5 Å². The van der Waals surface area contributed by atoms with Gasteiger partial charge in [-0.15, -0.1) is 0 Å². The maximum absolute atomic E-state index is 13.4. The van der Waals surface area contributed by atoms with E-state index in [1.165, 1.54) is 9.80 Å². The Balaban J connectivity index is 1.23. The Morgan fingerprint density at radius 2 is 0.949 bits per heavy atom. The summed E-state index contributed by atoms with van der Waals surface area (Å²) < 4.78 is 6.07. The van der Waals surface area contributed by atoms with Gasteiger partial charge >= 0.3 is 0 Å². The highest BCUT2D eigenvalue weighted by Gasteiger charge is 2.45. The van der Waals surface area contributed by atoms with Gasteiger partial charge in [-0.3, -0.25) is 29.0 Å². The predicted molar refractivity (Wildman–Crippen MR) is 146 cm³/mol. The molecule has 6 rings (SSSR count). The quantitative estimate of drug-likeness (QED) is 0.434. The molecular weight excluding hydrogens is 492 g/mol. The van der Waals surface area contributed by atoms with E-state index in [0.29, 0.717) is 45.6 Å². The van der Waals surface area contributed by atoms with Crippen LogP contribution in [0.4, 0.5) is 0 Å². The number of carbonyl (C=O) groups is 4. The number of hydrogen-bond donors (Lipinski definition) is 0. The van der Waals surface area contributed by atoms with E-state index in [1.807, 2.05) is 0 Å². The van der Waals surface area contributed by atoms with Crippen molar-refractivity contribution in [1.29, 1.82) is 0 Å². The fraction of sp³-hybridized carbons (Fsp3) is 0.500. The molecule has 0 spiro atoms. The molecule has 4 amide bonds. The fourth-order valence-electron chi connectivity index (χ4n) is 7.07. The van der Waals surface area contributed by atoms with Gasteiger partial charge in [-0.1, -0.05) is 40.5 Å². The number of rotatable bonds is 4. The van der Waals surface area contributed by atoms with Crippen LogP contribution in [0.5, 0.6) is 11.5 Å². The molecule has 2 saturated carbocycles. The van der Waals surface area contributed by atoms with E-state index in [0.717, 1.165) is 38.5 Å². The van der Waals surface area contributed by atoms with Crippen LogP contribution in [-0.2, 0) is 0 Å². The lowest BCUT2D eigenvalue weighted by atomic mass is 9.79. The SMILES string of the molecule is C[C@H]1CC[C@H](C)[C@H](N2C(=O)c3ccc(Oc4ccc5c(c4)C(=O)N([C@H]4C[C@@H](C)CC[C@H]4C)C5=O)cc3C2=O)C1. The summed E-state index contributed by atoms with van der Waals surface area (Å²) in [4.78, 5) is 56.1. The normalized spacial score (nSPS) is 30.6. The van der Waals surface area contributed by atoms with Crippen molar-refractivity contribution in [3.05, 3.63) is 58.7 Å². The third-order valence-electron chi connectivity index (χ3n) is 9.51. The molecule has 6 atom stereocenters. The zero-order valence-corrected chi connectivity index (χ0v) is 23.1. The van der Waals surface area contributed by atoms with Crippen molar-refractivity contribution in [3.8, 4) is 11.5 Å². The van der Waals surface area contributed by atoms with Crippen LogP contribution in [0.3, 0.4) is 0 Å². The van der Waals surface area contributed by atoms with E-state index in [4.69, 9.17) is 4.74 Å². The molecular formula is C32H36N2O5. The summed E-state index contributed by atoms with van der Waals surface area (Å²) in [6, 6.07) is 9.70.